The molecule has 0 aliphatic carbocycles. The maximum absolute atomic E-state index is 12.0. The van der Waals surface area contributed by atoms with Crippen LogP contribution in [0.5, 0.6) is 5.75 Å². The van der Waals surface area contributed by atoms with E-state index in [0.29, 0.717) is 10.6 Å². The van der Waals surface area contributed by atoms with Gasteiger partial charge in [-0.15, -0.1) is 0 Å². The molecule has 0 aliphatic rings. The summed E-state index contributed by atoms with van der Waals surface area (Å²) in [7, 11) is 1.64. The van der Waals surface area contributed by atoms with Crippen molar-refractivity contribution in [1.82, 2.24) is 5.43 Å². The first kappa shape index (κ1) is 16.0. The number of hydrazone groups is 1. The SMILES string of the molecule is COc1ccc(C=NNC(=O)c2cccc(Cl)c2)c2ccccc12. The zero-order valence-electron chi connectivity index (χ0n) is 13.0. The van der Waals surface area contributed by atoms with Crippen LogP contribution >= 0.6 is 11.6 Å². The van der Waals surface area contributed by atoms with Gasteiger partial charge in [0.15, 0.2) is 0 Å². The fourth-order valence-corrected chi connectivity index (χ4v) is 2.63. The van der Waals surface area contributed by atoms with Crippen LogP contribution < -0.4 is 10.2 Å². The number of methoxy groups -OCH3 is 1. The number of benzene rings is 3. The number of nitrogens with zero attached hydrogens (tertiary/aromatic N) is 1. The van der Waals surface area contributed by atoms with Gasteiger partial charge in [-0.05, 0) is 35.7 Å². The molecule has 3 aromatic rings. The van der Waals surface area contributed by atoms with E-state index in [0.717, 1.165) is 22.1 Å². The quantitative estimate of drug-likeness (QED) is 0.570. The minimum atomic E-state index is -0.313. The van der Waals surface area contributed by atoms with Crippen LogP contribution in [-0.2, 0) is 0 Å². The van der Waals surface area contributed by atoms with E-state index < -0.39 is 0 Å². The van der Waals surface area contributed by atoms with Gasteiger partial charge < -0.3 is 4.74 Å². The van der Waals surface area contributed by atoms with Crippen molar-refractivity contribution < 1.29 is 9.53 Å². The highest BCUT2D eigenvalue weighted by atomic mass is 35.5. The molecule has 0 atom stereocenters. The molecule has 120 valence electrons. The fourth-order valence-electron chi connectivity index (χ4n) is 2.44. The Balaban J connectivity index is 1.82. The summed E-state index contributed by atoms with van der Waals surface area (Å²) in [4.78, 5) is 12.0. The first-order valence-electron chi connectivity index (χ1n) is 7.34. The standard InChI is InChI=1S/C19H15ClN2O2/c1-24-18-10-9-14(16-7-2-3-8-17(16)18)12-21-22-19(23)13-5-4-6-15(20)11-13/h2-12H,1H3,(H,22,23). The number of hydrogen-bond acceptors (Lipinski definition) is 3. The van der Waals surface area contributed by atoms with Crippen LogP contribution in [0, 0.1) is 0 Å². The first-order valence-corrected chi connectivity index (χ1v) is 7.71. The lowest BCUT2D eigenvalue weighted by molar-refractivity contribution is 0.0955. The second-order valence-electron chi connectivity index (χ2n) is 5.11. The third-order valence-electron chi connectivity index (χ3n) is 3.59. The molecule has 5 heteroatoms. The lowest BCUT2D eigenvalue weighted by Crippen LogP contribution is -2.17. The summed E-state index contributed by atoms with van der Waals surface area (Å²) in [5, 5.41) is 6.54. The summed E-state index contributed by atoms with van der Waals surface area (Å²) in [5.74, 6) is 0.484. The number of amides is 1. The Bertz CT molecular complexity index is 922. The first-order chi connectivity index (χ1) is 11.7. The second kappa shape index (κ2) is 7.15. The molecule has 0 fully saturated rings. The van der Waals surface area contributed by atoms with E-state index in [9.17, 15) is 4.79 Å². The number of rotatable bonds is 4. The third kappa shape index (κ3) is 3.39. The van der Waals surface area contributed by atoms with Gasteiger partial charge in [0.1, 0.15) is 5.75 Å². The van der Waals surface area contributed by atoms with Gasteiger partial charge in [0.2, 0.25) is 0 Å². The molecular weight excluding hydrogens is 324 g/mol. The molecule has 0 aromatic heterocycles. The summed E-state index contributed by atoms with van der Waals surface area (Å²) in [6, 6.07) is 18.3. The van der Waals surface area contributed by atoms with E-state index >= 15 is 0 Å². The van der Waals surface area contributed by atoms with E-state index in [4.69, 9.17) is 16.3 Å². The molecule has 4 nitrogen and oxygen atoms in total. The maximum atomic E-state index is 12.0. The predicted molar refractivity (Wildman–Crippen MR) is 97.0 cm³/mol. The average molecular weight is 339 g/mol. The number of carbonyl (C=O) groups excluding carboxylic acids is 1. The highest BCUT2D eigenvalue weighted by molar-refractivity contribution is 6.30. The van der Waals surface area contributed by atoms with Crippen molar-refractivity contribution in [3.8, 4) is 5.75 Å². The predicted octanol–water partition coefficient (Wildman–Crippen LogP) is 4.27. The molecule has 0 heterocycles. The van der Waals surface area contributed by atoms with E-state index in [1.54, 1.807) is 37.6 Å². The summed E-state index contributed by atoms with van der Waals surface area (Å²) >= 11 is 5.88. The summed E-state index contributed by atoms with van der Waals surface area (Å²) in [6.07, 6.45) is 1.62. The number of ether oxygens (including phenoxy) is 1. The van der Waals surface area contributed by atoms with Crippen LogP contribution in [0.4, 0.5) is 0 Å². The average Bonchev–Trinajstić information content (AvgIpc) is 2.61. The molecular formula is C19H15ClN2O2. The lowest BCUT2D eigenvalue weighted by atomic mass is 10.0. The van der Waals surface area contributed by atoms with Crippen molar-refractivity contribution in [2.45, 2.75) is 0 Å². The highest BCUT2D eigenvalue weighted by Gasteiger charge is 2.06. The molecule has 0 bridgehead atoms. The van der Waals surface area contributed by atoms with Crippen molar-refractivity contribution >= 4 is 34.5 Å². The topological polar surface area (TPSA) is 50.7 Å². The number of hydrogen-bond donors (Lipinski definition) is 1. The maximum Gasteiger partial charge on any atom is 0.271 e. The lowest BCUT2D eigenvalue weighted by Gasteiger charge is -2.07. The molecule has 1 amide bonds. The van der Waals surface area contributed by atoms with E-state index in [1.807, 2.05) is 36.4 Å². The smallest absolute Gasteiger partial charge is 0.271 e. The van der Waals surface area contributed by atoms with Gasteiger partial charge in [-0.3, -0.25) is 4.79 Å². The number of nitrogens with one attached hydrogen (secondary N) is 1. The van der Waals surface area contributed by atoms with E-state index in [1.165, 1.54) is 0 Å². The van der Waals surface area contributed by atoms with Gasteiger partial charge in [-0.1, -0.05) is 41.9 Å². The van der Waals surface area contributed by atoms with Crippen LogP contribution in [0.1, 0.15) is 15.9 Å². The minimum absolute atomic E-state index is 0.313. The molecule has 0 aliphatic heterocycles. The molecule has 0 spiro atoms. The Labute approximate surface area is 144 Å². The molecule has 24 heavy (non-hydrogen) atoms. The number of carbonyl (C=O) groups is 1. The molecule has 0 radical (unpaired) electrons. The van der Waals surface area contributed by atoms with Crippen LogP contribution in [0.15, 0.2) is 65.8 Å². The van der Waals surface area contributed by atoms with E-state index in [2.05, 4.69) is 10.5 Å². The van der Waals surface area contributed by atoms with Crippen molar-refractivity contribution in [2.75, 3.05) is 7.11 Å². The second-order valence-corrected chi connectivity index (χ2v) is 5.55. The highest BCUT2D eigenvalue weighted by Crippen LogP contribution is 2.27. The van der Waals surface area contributed by atoms with Gasteiger partial charge >= 0.3 is 0 Å². The summed E-state index contributed by atoms with van der Waals surface area (Å²) in [6.45, 7) is 0. The minimum Gasteiger partial charge on any atom is -0.496 e. The fraction of sp³-hybridized carbons (Fsp3) is 0.0526. The Hall–Kier alpha value is -2.85. The number of halogens is 1. The molecule has 0 saturated heterocycles. The van der Waals surface area contributed by atoms with Crippen LogP contribution in [0.2, 0.25) is 5.02 Å². The largest absolute Gasteiger partial charge is 0.496 e. The monoisotopic (exact) mass is 338 g/mol. The Kier molecular flexibility index (Phi) is 4.77. The summed E-state index contributed by atoms with van der Waals surface area (Å²) < 4.78 is 5.37. The van der Waals surface area contributed by atoms with Crippen molar-refractivity contribution in [1.29, 1.82) is 0 Å². The Morgan fingerprint density at radius 1 is 1.08 bits per heavy atom. The zero-order chi connectivity index (χ0) is 16.9. The normalized spacial score (nSPS) is 10.9. The van der Waals surface area contributed by atoms with Crippen molar-refractivity contribution in [3.63, 3.8) is 0 Å². The molecule has 3 aromatic carbocycles. The van der Waals surface area contributed by atoms with Gasteiger partial charge in [0, 0.05) is 21.5 Å². The molecule has 3 rings (SSSR count). The van der Waals surface area contributed by atoms with Gasteiger partial charge in [0.25, 0.3) is 5.91 Å². The molecule has 1 N–H and O–H groups in total. The number of fused-ring (bicyclic) bond motifs is 1. The molecule has 0 unspecified atom stereocenters. The summed E-state index contributed by atoms with van der Waals surface area (Å²) in [5.41, 5.74) is 3.85. The van der Waals surface area contributed by atoms with Crippen molar-refractivity contribution in [3.05, 3.63) is 76.8 Å². The van der Waals surface area contributed by atoms with Crippen LogP contribution in [0.3, 0.4) is 0 Å². The van der Waals surface area contributed by atoms with Crippen molar-refractivity contribution in [2.24, 2.45) is 5.10 Å². The zero-order valence-corrected chi connectivity index (χ0v) is 13.7. The van der Waals surface area contributed by atoms with E-state index in [-0.39, 0.29) is 5.91 Å². The van der Waals surface area contributed by atoms with Gasteiger partial charge in [-0.25, -0.2) is 5.43 Å². The molecule has 0 saturated carbocycles. The Morgan fingerprint density at radius 2 is 1.88 bits per heavy atom. The Morgan fingerprint density at radius 3 is 2.62 bits per heavy atom. The van der Waals surface area contributed by atoms with Gasteiger partial charge in [-0.2, -0.15) is 5.10 Å². The van der Waals surface area contributed by atoms with Crippen LogP contribution in [0.25, 0.3) is 10.8 Å². The van der Waals surface area contributed by atoms with Gasteiger partial charge in [0.05, 0.1) is 13.3 Å². The third-order valence-corrected chi connectivity index (χ3v) is 3.83. The van der Waals surface area contributed by atoms with Crippen LogP contribution in [-0.4, -0.2) is 19.2 Å².